The fraction of sp³-hybridized carbons (Fsp3) is 0.0556. The molecule has 0 amide bonds. The molecular formula is C18H16N4OS2. The van der Waals surface area contributed by atoms with E-state index in [9.17, 15) is 0 Å². The highest BCUT2D eigenvalue weighted by molar-refractivity contribution is 7.80. The number of hydrogen-bond acceptors (Lipinski definition) is 5. The Morgan fingerprint density at radius 1 is 1.16 bits per heavy atom. The van der Waals surface area contributed by atoms with Crippen LogP contribution < -0.4 is 15.5 Å². The van der Waals surface area contributed by atoms with E-state index < -0.39 is 0 Å². The third-order valence-electron chi connectivity index (χ3n) is 3.29. The lowest BCUT2D eigenvalue weighted by molar-refractivity contribution is 0.415. The number of hydrazone groups is 1. The van der Waals surface area contributed by atoms with Gasteiger partial charge in [0.25, 0.3) is 0 Å². The van der Waals surface area contributed by atoms with Gasteiger partial charge in [0.15, 0.2) is 10.2 Å². The van der Waals surface area contributed by atoms with Crippen LogP contribution in [0, 0.1) is 0 Å². The van der Waals surface area contributed by atoms with E-state index in [2.05, 4.69) is 20.8 Å². The summed E-state index contributed by atoms with van der Waals surface area (Å²) in [7, 11) is 1.64. The summed E-state index contributed by atoms with van der Waals surface area (Å²) in [6.07, 6.45) is 1.69. The standard InChI is InChI=1S/C18H16N4OS2/c1-23-15-9-7-13(8-10-15)11-19-22-17(24)21-18-20-16(12-25-18)14-5-3-2-4-6-14/h2-12H,1H3,(H2,20,21,22,24). The van der Waals surface area contributed by atoms with E-state index in [1.54, 1.807) is 13.3 Å². The third-order valence-corrected chi connectivity index (χ3v) is 4.24. The molecule has 0 bridgehead atoms. The van der Waals surface area contributed by atoms with Crippen LogP contribution in [0.25, 0.3) is 11.3 Å². The van der Waals surface area contributed by atoms with Crippen molar-refractivity contribution in [3.8, 4) is 17.0 Å². The zero-order valence-corrected chi connectivity index (χ0v) is 15.1. The first-order chi connectivity index (χ1) is 12.2. The average Bonchev–Trinajstić information content (AvgIpc) is 3.11. The zero-order chi connectivity index (χ0) is 17.5. The van der Waals surface area contributed by atoms with E-state index in [1.807, 2.05) is 60.0 Å². The van der Waals surface area contributed by atoms with E-state index in [1.165, 1.54) is 11.3 Å². The molecule has 0 saturated heterocycles. The summed E-state index contributed by atoms with van der Waals surface area (Å²) >= 11 is 6.72. The van der Waals surface area contributed by atoms with Gasteiger partial charge < -0.3 is 10.1 Å². The quantitative estimate of drug-likeness (QED) is 0.403. The number of benzene rings is 2. The first kappa shape index (κ1) is 17.1. The number of anilines is 1. The van der Waals surface area contributed by atoms with Crippen LogP contribution in [-0.4, -0.2) is 23.4 Å². The molecule has 0 spiro atoms. The monoisotopic (exact) mass is 368 g/mol. The van der Waals surface area contributed by atoms with Crippen LogP contribution >= 0.6 is 23.6 Å². The predicted octanol–water partition coefficient (Wildman–Crippen LogP) is 4.14. The van der Waals surface area contributed by atoms with Crippen molar-refractivity contribution in [3.05, 3.63) is 65.5 Å². The average molecular weight is 368 g/mol. The first-order valence-electron chi connectivity index (χ1n) is 7.49. The molecule has 0 unspecified atom stereocenters. The zero-order valence-electron chi connectivity index (χ0n) is 13.5. The molecule has 126 valence electrons. The predicted molar refractivity (Wildman–Crippen MR) is 107 cm³/mol. The molecule has 0 radical (unpaired) electrons. The lowest BCUT2D eigenvalue weighted by Gasteiger charge is -2.03. The Labute approximate surface area is 155 Å². The van der Waals surface area contributed by atoms with E-state index in [0.29, 0.717) is 5.11 Å². The van der Waals surface area contributed by atoms with Gasteiger partial charge in [0, 0.05) is 10.9 Å². The molecule has 0 aliphatic rings. The van der Waals surface area contributed by atoms with Crippen molar-refractivity contribution in [1.29, 1.82) is 0 Å². The number of aromatic nitrogens is 1. The number of thiocarbonyl (C=S) groups is 1. The Hall–Kier alpha value is -2.77. The molecule has 0 aliphatic carbocycles. The summed E-state index contributed by atoms with van der Waals surface area (Å²) in [5.74, 6) is 0.806. The van der Waals surface area contributed by atoms with Crippen LogP contribution in [0.4, 0.5) is 5.13 Å². The Balaban J connectivity index is 1.54. The van der Waals surface area contributed by atoms with Gasteiger partial charge in [0.2, 0.25) is 0 Å². The molecule has 5 nitrogen and oxygen atoms in total. The molecule has 3 rings (SSSR count). The van der Waals surface area contributed by atoms with Crippen LogP contribution in [0.3, 0.4) is 0 Å². The molecule has 0 saturated carbocycles. The number of nitrogens with zero attached hydrogens (tertiary/aromatic N) is 2. The molecule has 0 aliphatic heterocycles. The van der Waals surface area contributed by atoms with Crippen molar-refractivity contribution >= 4 is 40.0 Å². The Morgan fingerprint density at radius 3 is 2.64 bits per heavy atom. The third kappa shape index (κ3) is 4.85. The molecule has 0 fully saturated rings. The fourth-order valence-corrected chi connectivity index (χ4v) is 2.99. The van der Waals surface area contributed by atoms with Crippen LogP contribution in [-0.2, 0) is 0 Å². The Morgan fingerprint density at radius 2 is 1.92 bits per heavy atom. The van der Waals surface area contributed by atoms with Crippen molar-refractivity contribution in [2.75, 3.05) is 12.4 Å². The van der Waals surface area contributed by atoms with Crippen molar-refractivity contribution in [1.82, 2.24) is 10.4 Å². The number of rotatable bonds is 5. The molecule has 2 aromatic carbocycles. The maximum atomic E-state index is 5.23. The normalized spacial score (nSPS) is 10.6. The Bertz CT molecular complexity index is 860. The summed E-state index contributed by atoms with van der Waals surface area (Å²) in [6.45, 7) is 0. The number of hydrogen-bond donors (Lipinski definition) is 2. The van der Waals surface area contributed by atoms with Gasteiger partial charge in [-0.2, -0.15) is 5.10 Å². The van der Waals surface area contributed by atoms with Crippen LogP contribution in [0.2, 0.25) is 0 Å². The molecule has 1 aromatic heterocycles. The van der Waals surface area contributed by atoms with Gasteiger partial charge in [0.05, 0.1) is 19.0 Å². The molecule has 0 atom stereocenters. The maximum absolute atomic E-state index is 5.23. The van der Waals surface area contributed by atoms with Crippen molar-refractivity contribution in [2.45, 2.75) is 0 Å². The minimum Gasteiger partial charge on any atom is -0.497 e. The maximum Gasteiger partial charge on any atom is 0.193 e. The summed E-state index contributed by atoms with van der Waals surface area (Å²) in [6, 6.07) is 17.6. The minimum absolute atomic E-state index is 0.388. The van der Waals surface area contributed by atoms with Crippen molar-refractivity contribution in [3.63, 3.8) is 0 Å². The second kappa shape index (κ2) is 8.36. The highest BCUT2D eigenvalue weighted by atomic mass is 32.1. The molecule has 2 N–H and O–H groups in total. The second-order valence-electron chi connectivity index (χ2n) is 5.00. The second-order valence-corrected chi connectivity index (χ2v) is 6.27. The number of ether oxygens (including phenoxy) is 1. The van der Waals surface area contributed by atoms with Gasteiger partial charge in [0.1, 0.15) is 5.75 Å². The largest absolute Gasteiger partial charge is 0.497 e. The van der Waals surface area contributed by atoms with E-state index in [0.717, 1.165) is 27.7 Å². The van der Waals surface area contributed by atoms with Crippen LogP contribution in [0.1, 0.15) is 5.56 Å². The van der Waals surface area contributed by atoms with Gasteiger partial charge in [-0.25, -0.2) is 4.98 Å². The topological polar surface area (TPSA) is 58.5 Å². The molecule has 3 aromatic rings. The summed E-state index contributed by atoms with van der Waals surface area (Å²) in [5, 5.41) is 10.2. The Kier molecular flexibility index (Phi) is 5.71. The van der Waals surface area contributed by atoms with Gasteiger partial charge in [-0.15, -0.1) is 11.3 Å². The molecule has 25 heavy (non-hydrogen) atoms. The molecule has 7 heteroatoms. The highest BCUT2D eigenvalue weighted by Crippen LogP contribution is 2.24. The van der Waals surface area contributed by atoms with Gasteiger partial charge in [-0.1, -0.05) is 30.3 Å². The number of nitrogens with one attached hydrogen (secondary N) is 2. The number of methoxy groups -OCH3 is 1. The van der Waals surface area contributed by atoms with E-state index in [4.69, 9.17) is 17.0 Å². The molecule has 1 heterocycles. The lowest BCUT2D eigenvalue weighted by atomic mass is 10.2. The molecular weight excluding hydrogens is 352 g/mol. The summed E-state index contributed by atoms with van der Waals surface area (Å²) in [4.78, 5) is 4.52. The van der Waals surface area contributed by atoms with Crippen LogP contribution in [0.5, 0.6) is 5.75 Å². The number of thiazole rings is 1. The van der Waals surface area contributed by atoms with E-state index in [-0.39, 0.29) is 0 Å². The van der Waals surface area contributed by atoms with Gasteiger partial charge in [-0.3, -0.25) is 5.43 Å². The van der Waals surface area contributed by atoms with Crippen molar-refractivity contribution in [2.24, 2.45) is 5.10 Å². The van der Waals surface area contributed by atoms with Gasteiger partial charge in [-0.05, 0) is 42.0 Å². The van der Waals surface area contributed by atoms with Crippen LogP contribution in [0.15, 0.2) is 65.1 Å². The smallest absolute Gasteiger partial charge is 0.193 e. The van der Waals surface area contributed by atoms with Gasteiger partial charge >= 0.3 is 0 Å². The fourth-order valence-electron chi connectivity index (χ4n) is 2.05. The summed E-state index contributed by atoms with van der Waals surface area (Å²) < 4.78 is 5.12. The lowest BCUT2D eigenvalue weighted by Crippen LogP contribution is -2.23. The first-order valence-corrected chi connectivity index (χ1v) is 8.78. The summed E-state index contributed by atoms with van der Waals surface area (Å²) in [5.41, 5.74) is 5.71. The minimum atomic E-state index is 0.388. The highest BCUT2D eigenvalue weighted by Gasteiger charge is 2.05. The van der Waals surface area contributed by atoms with E-state index >= 15 is 0 Å². The van der Waals surface area contributed by atoms with Crippen molar-refractivity contribution < 1.29 is 4.74 Å². The SMILES string of the molecule is COc1ccc(C=NNC(=S)Nc2nc(-c3ccccc3)cs2)cc1.